The van der Waals surface area contributed by atoms with E-state index in [-0.39, 0.29) is 11.7 Å². The number of nitrogens with one attached hydrogen (secondary N) is 1. The molecule has 0 spiro atoms. The van der Waals surface area contributed by atoms with Crippen molar-refractivity contribution in [2.45, 2.75) is 26.1 Å². The van der Waals surface area contributed by atoms with Gasteiger partial charge in [0, 0.05) is 19.1 Å². The van der Waals surface area contributed by atoms with Crippen LogP contribution in [0.5, 0.6) is 0 Å². The van der Waals surface area contributed by atoms with Crippen molar-refractivity contribution in [3.8, 4) is 0 Å². The molecule has 0 aliphatic carbocycles. The number of likely N-dealkylation sites (N-methyl/N-ethyl adjacent to an activating group) is 1. The zero-order valence-electron chi connectivity index (χ0n) is 9.80. The highest BCUT2D eigenvalue weighted by Crippen LogP contribution is 2.41. The van der Waals surface area contributed by atoms with E-state index in [1.165, 1.54) is 6.07 Å². The quantitative estimate of drug-likeness (QED) is 0.815. The Morgan fingerprint density at radius 3 is 2.71 bits per heavy atom. The normalized spacial score (nSPS) is 19.8. The predicted octanol–water partition coefficient (Wildman–Crippen LogP) is 3.35. The molecule has 1 N–H and O–H groups in total. The summed E-state index contributed by atoms with van der Waals surface area (Å²) in [6.07, 6.45) is -4.31. The fourth-order valence-electron chi connectivity index (χ4n) is 2.21. The summed E-state index contributed by atoms with van der Waals surface area (Å²) in [6, 6.07) is 4.33. The first-order valence-electron chi connectivity index (χ1n) is 5.65. The summed E-state index contributed by atoms with van der Waals surface area (Å²) in [6.45, 7) is 5.27. The van der Waals surface area contributed by atoms with E-state index in [1.807, 2.05) is 18.7 Å². The van der Waals surface area contributed by atoms with Crippen LogP contribution in [0.1, 0.15) is 19.4 Å². The third-order valence-electron chi connectivity index (χ3n) is 2.96. The van der Waals surface area contributed by atoms with E-state index in [0.717, 1.165) is 12.6 Å². The highest BCUT2D eigenvalue weighted by atomic mass is 19.4. The Morgan fingerprint density at radius 1 is 1.41 bits per heavy atom. The first-order valence-corrected chi connectivity index (χ1v) is 5.65. The van der Waals surface area contributed by atoms with Gasteiger partial charge in [0.15, 0.2) is 0 Å². The van der Waals surface area contributed by atoms with Crippen molar-refractivity contribution in [1.82, 2.24) is 0 Å². The lowest BCUT2D eigenvalue weighted by molar-refractivity contribution is -0.137. The molecule has 0 bridgehead atoms. The van der Waals surface area contributed by atoms with Crippen LogP contribution in [0.4, 0.5) is 24.5 Å². The number of rotatable bonds is 1. The number of benzene rings is 1. The topological polar surface area (TPSA) is 15.3 Å². The molecule has 1 aliphatic heterocycles. The SMILES string of the molecule is CCN1CC(C)Nc2c1cccc2C(F)(F)F. The van der Waals surface area contributed by atoms with Crippen LogP contribution in [0.3, 0.4) is 0 Å². The van der Waals surface area contributed by atoms with Crippen LogP contribution in [0.25, 0.3) is 0 Å². The van der Waals surface area contributed by atoms with Gasteiger partial charge in [0.1, 0.15) is 0 Å². The second kappa shape index (κ2) is 4.13. The highest BCUT2D eigenvalue weighted by molar-refractivity contribution is 5.76. The lowest BCUT2D eigenvalue weighted by atomic mass is 10.1. The van der Waals surface area contributed by atoms with Crippen LogP contribution in [-0.4, -0.2) is 19.1 Å². The number of hydrogen-bond acceptors (Lipinski definition) is 2. The Hall–Kier alpha value is -1.39. The third kappa shape index (κ3) is 2.18. The number of para-hydroxylation sites is 1. The lowest BCUT2D eigenvalue weighted by Crippen LogP contribution is -2.40. The average Bonchev–Trinajstić information content (AvgIpc) is 2.25. The van der Waals surface area contributed by atoms with Crippen molar-refractivity contribution in [2.75, 3.05) is 23.3 Å². The summed E-state index contributed by atoms with van der Waals surface area (Å²) >= 11 is 0. The Bertz CT molecular complexity index is 415. The molecule has 1 heterocycles. The zero-order chi connectivity index (χ0) is 12.6. The molecule has 17 heavy (non-hydrogen) atoms. The van der Waals surface area contributed by atoms with E-state index < -0.39 is 11.7 Å². The minimum Gasteiger partial charge on any atom is -0.379 e. The molecule has 1 aliphatic rings. The van der Waals surface area contributed by atoms with Gasteiger partial charge in [-0.25, -0.2) is 0 Å². The number of anilines is 2. The predicted molar refractivity (Wildman–Crippen MR) is 62.4 cm³/mol. The largest absolute Gasteiger partial charge is 0.418 e. The van der Waals surface area contributed by atoms with E-state index in [4.69, 9.17) is 0 Å². The lowest BCUT2D eigenvalue weighted by Gasteiger charge is -2.36. The van der Waals surface area contributed by atoms with Crippen molar-refractivity contribution in [2.24, 2.45) is 0 Å². The van der Waals surface area contributed by atoms with Gasteiger partial charge in [-0.05, 0) is 26.0 Å². The molecule has 0 fully saturated rings. The second-order valence-corrected chi connectivity index (χ2v) is 4.28. The minimum atomic E-state index is -4.31. The molecule has 0 saturated heterocycles. The molecule has 2 nitrogen and oxygen atoms in total. The van der Waals surface area contributed by atoms with Crippen LogP contribution in [-0.2, 0) is 6.18 Å². The second-order valence-electron chi connectivity index (χ2n) is 4.28. The molecule has 0 radical (unpaired) electrons. The van der Waals surface area contributed by atoms with Gasteiger partial charge < -0.3 is 10.2 Å². The maximum atomic E-state index is 12.9. The summed E-state index contributed by atoms with van der Waals surface area (Å²) in [5.41, 5.74) is 0.265. The number of halogens is 3. The Labute approximate surface area is 98.4 Å². The highest BCUT2D eigenvalue weighted by Gasteiger charge is 2.36. The molecule has 5 heteroatoms. The Balaban J connectivity index is 2.53. The van der Waals surface area contributed by atoms with E-state index in [9.17, 15) is 13.2 Å². The maximum absolute atomic E-state index is 12.9. The van der Waals surface area contributed by atoms with E-state index in [1.54, 1.807) is 6.07 Å². The van der Waals surface area contributed by atoms with Gasteiger partial charge in [-0.2, -0.15) is 13.2 Å². The number of alkyl halides is 3. The van der Waals surface area contributed by atoms with Crippen LogP contribution in [0, 0.1) is 0 Å². The summed E-state index contributed by atoms with van der Waals surface area (Å²) in [4.78, 5) is 1.96. The number of fused-ring (bicyclic) bond motifs is 1. The molecule has 0 saturated carbocycles. The summed E-state index contributed by atoms with van der Waals surface area (Å²) < 4.78 is 38.6. The van der Waals surface area contributed by atoms with Gasteiger partial charge in [-0.1, -0.05) is 6.07 Å². The molecule has 1 aromatic carbocycles. The summed E-state index contributed by atoms with van der Waals surface area (Å²) in [7, 11) is 0. The van der Waals surface area contributed by atoms with Crippen molar-refractivity contribution >= 4 is 11.4 Å². The molecule has 0 aromatic heterocycles. The first kappa shape index (κ1) is 12.1. The number of nitrogens with zero attached hydrogens (tertiary/aromatic N) is 1. The molecule has 1 atom stereocenters. The monoisotopic (exact) mass is 244 g/mol. The Morgan fingerprint density at radius 2 is 2.12 bits per heavy atom. The molecule has 2 rings (SSSR count). The van der Waals surface area contributed by atoms with E-state index >= 15 is 0 Å². The number of hydrogen-bond donors (Lipinski definition) is 1. The molecule has 0 amide bonds. The van der Waals surface area contributed by atoms with E-state index in [2.05, 4.69) is 5.32 Å². The van der Waals surface area contributed by atoms with Gasteiger partial charge in [0.25, 0.3) is 0 Å². The van der Waals surface area contributed by atoms with Gasteiger partial charge in [-0.3, -0.25) is 0 Å². The van der Waals surface area contributed by atoms with Crippen molar-refractivity contribution < 1.29 is 13.2 Å². The molecule has 94 valence electrons. The molecule has 1 aromatic rings. The smallest absolute Gasteiger partial charge is 0.379 e. The molecular formula is C12H15F3N2. The van der Waals surface area contributed by atoms with Crippen molar-refractivity contribution in [1.29, 1.82) is 0 Å². The fraction of sp³-hybridized carbons (Fsp3) is 0.500. The van der Waals surface area contributed by atoms with Crippen LogP contribution in [0.2, 0.25) is 0 Å². The summed E-state index contributed by atoms with van der Waals surface area (Å²) in [5.74, 6) is 0. The van der Waals surface area contributed by atoms with Crippen LogP contribution in [0.15, 0.2) is 18.2 Å². The maximum Gasteiger partial charge on any atom is 0.418 e. The van der Waals surface area contributed by atoms with Gasteiger partial charge in [0.05, 0.1) is 16.9 Å². The Kier molecular flexibility index (Phi) is 2.93. The van der Waals surface area contributed by atoms with Crippen LogP contribution < -0.4 is 10.2 Å². The van der Waals surface area contributed by atoms with Gasteiger partial charge in [0.2, 0.25) is 0 Å². The average molecular weight is 244 g/mol. The third-order valence-corrected chi connectivity index (χ3v) is 2.96. The molecule has 1 unspecified atom stereocenters. The van der Waals surface area contributed by atoms with Gasteiger partial charge in [-0.15, -0.1) is 0 Å². The van der Waals surface area contributed by atoms with Gasteiger partial charge >= 0.3 is 6.18 Å². The fourth-order valence-corrected chi connectivity index (χ4v) is 2.21. The summed E-state index contributed by atoms with van der Waals surface area (Å²) in [5, 5.41) is 2.94. The molecular weight excluding hydrogens is 229 g/mol. The minimum absolute atomic E-state index is 0.0194. The van der Waals surface area contributed by atoms with Crippen LogP contribution >= 0.6 is 0 Å². The van der Waals surface area contributed by atoms with Crippen molar-refractivity contribution in [3.05, 3.63) is 23.8 Å². The first-order chi connectivity index (χ1) is 7.93. The standard InChI is InChI=1S/C12H15F3N2/c1-3-17-7-8(2)16-11-9(12(13,14)15)5-4-6-10(11)17/h4-6,8,16H,3,7H2,1-2H3. The zero-order valence-corrected chi connectivity index (χ0v) is 9.80. The van der Waals surface area contributed by atoms with Crippen molar-refractivity contribution in [3.63, 3.8) is 0 Å². The van der Waals surface area contributed by atoms with E-state index in [0.29, 0.717) is 12.2 Å².